The highest BCUT2D eigenvalue weighted by Crippen LogP contribution is 2.35. The molecule has 1 fully saturated rings. The van der Waals surface area contributed by atoms with Gasteiger partial charge in [-0.2, -0.15) is 0 Å². The molecular weight excluding hydrogens is 404 g/mol. The van der Waals surface area contributed by atoms with Crippen LogP contribution >= 0.6 is 0 Å². The van der Waals surface area contributed by atoms with Gasteiger partial charge in [-0.15, -0.1) is 0 Å². The zero-order valence-corrected chi connectivity index (χ0v) is 18.4. The first-order valence-electron chi connectivity index (χ1n) is 9.94. The van der Waals surface area contributed by atoms with E-state index in [9.17, 15) is 13.2 Å². The Hall–Kier alpha value is -2.74. The fourth-order valence-electron chi connectivity index (χ4n) is 3.65. The van der Waals surface area contributed by atoms with Crippen molar-refractivity contribution >= 4 is 21.6 Å². The fraction of sp³-hybridized carbons (Fsp3) is 0.409. The molecule has 0 unspecified atom stereocenters. The van der Waals surface area contributed by atoms with Crippen molar-refractivity contribution in [3.05, 3.63) is 48.5 Å². The minimum absolute atomic E-state index is 0.114. The number of carbonyl (C=O) groups is 1. The largest absolute Gasteiger partial charge is 0.497 e. The summed E-state index contributed by atoms with van der Waals surface area (Å²) in [6, 6.07) is 13.0. The summed E-state index contributed by atoms with van der Waals surface area (Å²) in [4.78, 5) is 14.9. The molecule has 1 amide bonds. The zero-order chi connectivity index (χ0) is 21.7. The Morgan fingerprint density at radius 1 is 1.13 bits per heavy atom. The maximum absolute atomic E-state index is 13.5. The lowest BCUT2D eigenvalue weighted by atomic mass is 10.0. The molecule has 0 bridgehead atoms. The van der Waals surface area contributed by atoms with Crippen LogP contribution in [0.5, 0.6) is 11.5 Å². The first-order valence-corrected chi connectivity index (χ1v) is 11.4. The van der Waals surface area contributed by atoms with Gasteiger partial charge >= 0.3 is 0 Å². The Morgan fingerprint density at radius 2 is 1.87 bits per heavy atom. The molecule has 1 aliphatic heterocycles. The summed E-state index contributed by atoms with van der Waals surface area (Å²) in [6.07, 6.45) is 1.99. The molecule has 1 aliphatic rings. The quantitative estimate of drug-likeness (QED) is 0.672. The van der Waals surface area contributed by atoms with E-state index in [1.807, 2.05) is 0 Å². The van der Waals surface area contributed by atoms with Gasteiger partial charge in [0.15, 0.2) is 0 Å². The van der Waals surface area contributed by atoms with E-state index in [0.29, 0.717) is 36.2 Å². The predicted molar refractivity (Wildman–Crippen MR) is 115 cm³/mol. The minimum Gasteiger partial charge on any atom is -0.497 e. The highest BCUT2D eigenvalue weighted by atomic mass is 32.2. The van der Waals surface area contributed by atoms with Crippen LogP contribution in [-0.2, 0) is 14.8 Å². The van der Waals surface area contributed by atoms with Crippen LogP contribution in [0.4, 0.5) is 5.69 Å². The molecule has 1 saturated heterocycles. The maximum Gasteiger partial charge on any atom is 0.264 e. The number of rotatable bonds is 7. The van der Waals surface area contributed by atoms with Crippen molar-refractivity contribution in [3.63, 3.8) is 0 Å². The van der Waals surface area contributed by atoms with Gasteiger partial charge in [0.05, 0.1) is 24.8 Å². The van der Waals surface area contributed by atoms with Crippen LogP contribution in [0.25, 0.3) is 0 Å². The Labute approximate surface area is 178 Å². The first kappa shape index (κ1) is 22.0. The van der Waals surface area contributed by atoms with E-state index in [1.165, 1.54) is 26.4 Å². The second-order valence-corrected chi connectivity index (χ2v) is 9.31. The van der Waals surface area contributed by atoms with Crippen LogP contribution in [0, 0.1) is 5.92 Å². The topological polar surface area (TPSA) is 76.2 Å². The molecule has 0 spiro atoms. The minimum atomic E-state index is -3.99. The number of hydrogen-bond donors (Lipinski definition) is 0. The molecular formula is C22H28N2O5S. The molecule has 8 heteroatoms. The third-order valence-electron chi connectivity index (χ3n) is 5.28. The second kappa shape index (κ2) is 9.38. The van der Waals surface area contributed by atoms with E-state index >= 15 is 0 Å². The highest BCUT2D eigenvalue weighted by Gasteiger charge is 2.32. The van der Waals surface area contributed by atoms with Crippen molar-refractivity contribution < 1.29 is 22.7 Å². The summed E-state index contributed by atoms with van der Waals surface area (Å²) in [5.74, 6) is 1.02. The number of nitrogens with zero attached hydrogens (tertiary/aromatic N) is 2. The Bertz CT molecular complexity index is 978. The van der Waals surface area contributed by atoms with Gasteiger partial charge in [0.2, 0.25) is 5.91 Å². The van der Waals surface area contributed by atoms with Crippen molar-refractivity contribution in [3.8, 4) is 11.5 Å². The van der Waals surface area contributed by atoms with Gasteiger partial charge < -0.3 is 14.4 Å². The Kier molecular flexibility index (Phi) is 6.87. The van der Waals surface area contributed by atoms with Crippen LogP contribution in [0.1, 0.15) is 19.8 Å². The standard InChI is InChI=1S/C22H28N2O5S/c1-17-8-7-13-23(15-17)22(25)16-24(30(26,27)19-9-5-4-6-10-19)20-12-11-18(28-2)14-21(20)29-3/h4-6,9-12,14,17H,7-8,13,15-16H2,1-3H3/t17-/m0/s1. The molecule has 0 radical (unpaired) electrons. The van der Waals surface area contributed by atoms with Crippen LogP contribution in [0.3, 0.4) is 0 Å². The molecule has 0 aliphatic carbocycles. The molecule has 3 rings (SSSR count). The van der Waals surface area contributed by atoms with Crippen molar-refractivity contribution in [2.75, 3.05) is 38.2 Å². The van der Waals surface area contributed by atoms with Gasteiger partial charge in [0, 0.05) is 19.2 Å². The molecule has 0 saturated carbocycles. The molecule has 7 nitrogen and oxygen atoms in total. The van der Waals surface area contributed by atoms with E-state index in [1.54, 1.807) is 41.3 Å². The zero-order valence-electron chi connectivity index (χ0n) is 17.6. The predicted octanol–water partition coefficient (Wildman–Crippen LogP) is 3.16. The SMILES string of the molecule is COc1ccc(N(CC(=O)N2CCC[C@H](C)C2)S(=O)(=O)c2ccccc2)c(OC)c1. The molecule has 0 N–H and O–H groups in total. The third-order valence-corrected chi connectivity index (χ3v) is 7.05. The lowest BCUT2D eigenvalue weighted by Gasteiger charge is -2.33. The average molecular weight is 433 g/mol. The van der Waals surface area contributed by atoms with E-state index in [0.717, 1.165) is 17.1 Å². The normalized spacial score (nSPS) is 16.8. The maximum atomic E-state index is 13.5. The van der Waals surface area contributed by atoms with Gasteiger partial charge in [-0.25, -0.2) is 8.42 Å². The lowest BCUT2D eigenvalue weighted by Crippen LogP contribution is -2.46. The van der Waals surface area contributed by atoms with Crippen molar-refractivity contribution in [1.82, 2.24) is 4.90 Å². The summed E-state index contributed by atoms with van der Waals surface area (Å²) in [5.41, 5.74) is 0.292. The molecule has 0 aromatic heterocycles. The Morgan fingerprint density at radius 3 is 2.50 bits per heavy atom. The molecule has 2 aromatic rings. The summed E-state index contributed by atoms with van der Waals surface area (Å²) in [5, 5.41) is 0. The number of anilines is 1. The van der Waals surface area contributed by atoms with Crippen molar-refractivity contribution in [2.24, 2.45) is 5.92 Å². The summed E-state index contributed by atoms with van der Waals surface area (Å²) in [7, 11) is -1.01. The van der Waals surface area contributed by atoms with Gasteiger partial charge in [0.1, 0.15) is 18.0 Å². The van der Waals surface area contributed by atoms with Crippen LogP contribution in [0.2, 0.25) is 0 Å². The average Bonchev–Trinajstić information content (AvgIpc) is 2.77. The van der Waals surface area contributed by atoms with E-state index in [2.05, 4.69) is 6.92 Å². The fourth-order valence-corrected chi connectivity index (χ4v) is 5.09. The summed E-state index contributed by atoms with van der Waals surface area (Å²) >= 11 is 0. The Balaban J connectivity index is 2.02. The first-order chi connectivity index (χ1) is 14.4. The highest BCUT2D eigenvalue weighted by molar-refractivity contribution is 7.92. The van der Waals surface area contributed by atoms with Gasteiger partial charge in [-0.3, -0.25) is 9.10 Å². The number of carbonyl (C=O) groups excluding carboxylic acids is 1. The molecule has 2 aromatic carbocycles. The molecule has 162 valence electrons. The lowest BCUT2D eigenvalue weighted by molar-refractivity contribution is -0.131. The number of hydrogen-bond acceptors (Lipinski definition) is 5. The van der Waals surface area contributed by atoms with E-state index in [-0.39, 0.29) is 17.3 Å². The molecule has 1 atom stereocenters. The number of benzene rings is 2. The van der Waals surface area contributed by atoms with Crippen LogP contribution in [-0.4, -0.2) is 53.1 Å². The summed E-state index contributed by atoms with van der Waals surface area (Å²) in [6.45, 7) is 3.08. The second-order valence-electron chi connectivity index (χ2n) is 7.45. The number of methoxy groups -OCH3 is 2. The van der Waals surface area contributed by atoms with Crippen molar-refractivity contribution in [2.45, 2.75) is 24.7 Å². The van der Waals surface area contributed by atoms with Crippen LogP contribution in [0.15, 0.2) is 53.4 Å². The third kappa shape index (κ3) is 4.70. The molecule has 30 heavy (non-hydrogen) atoms. The smallest absolute Gasteiger partial charge is 0.264 e. The molecule has 1 heterocycles. The van der Waals surface area contributed by atoms with Crippen molar-refractivity contribution in [1.29, 1.82) is 0 Å². The number of amides is 1. The number of likely N-dealkylation sites (tertiary alicyclic amines) is 1. The van der Waals surface area contributed by atoms with Crippen LogP contribution < -0.4 is 13.8 Å². The number of piperidine rings is 1. The van der Waals surface area contributed by atoms with Gasteiger partial charge in [-0.1, -0.05) is 25.1 Å². The van der Waals surface area contributed by atoms with E-state index in [4.69, 9.17) is 9.47 Å². The van der Waals surface area contributed by atoms with Gasteiger partial charge in [0.25, 0.3) is 10.0 Å². The monoisotopic (exact) mass is 432 g/mol. The van der Waals surface area contributed by atoms with E-state index < -0.39 is 10.0 Å². The summed E-state index contributed by atoms with van der Waals surface area (Å²) < 4.78 is 38.8. The number of sulfonamides is 1. The van der Waals surface area contributed by atoms with Gasteiger partial charge in [-0.05, 0) is 43.0 Å². The number of ether oxygens (including phenoxy) is 2.